The highest BCUT2D eigenvalue weighted by atomic mass is 32.2. The molecule has 0 spiro atoms. The van der Waals surface area contributed by atoms with Gasteiger partial charge in [0.15, 0.2) is 21.3 Å². The highest BCUT2D eigenvalue weighted by Crippen LogP contribution is 2.32. The largest absolute Gasteiger partial charge is 0.504 e. The molecule has 0 aliphatic rings. The maximum absolute atomic E-state index is 13.2. The quantitative estimate of drug-likeness (QED) is 0.309. The maximum atomic E-state index is 13.2. The fourth-order valence-electron chi connectivity index (χ4n) is 3.29. The zero-order valence-corrected chi connectivity index (χ0v) is 17.4. The summed E-state index contributed by atoms with van der Waals surface area (Å²) in [4.78, 5) is 11.9. The molecule has 1 amide bonds. The van der Waals surface area contributed by atoms with Gasteiger partial charge in [0, 0.05) is 6.07 Å². The van der Waals surface area contributed by atoms with Gasteiger partial charge in [0.05, 0.1) is 23.2 Å². The van der Waals surface area contributed by atoms with Gasteiger partial charge in [-0.2, -0.15) is 0 Å². The lowest BCUT2D eigenvalue weighted by molar-refractivity contribution is -0.132. The first-order valence-electron chi connectivity index (χ1n) is 9.40. The van der Waals surface area contributed by atoms with Crippen molar-refractivity contribution in [2.45, 2.75) is 42.8 Å². The number of carbonyl (C=O) groups excluding carboxylic acids is 1. The van der Waals surface area contributed by atoms with E-state index in [2.05, 4.69) is 0 Å². The van der Waals surface area contributed by atoms with Crippen LogP contribution in [0.5, 0.6) is 11.5 Å². The van der Waals surface area contributed by atoms with Crippen molar-refractivity contribution in [1.29, 1.82) is 0 Å². The monoisotopic (exact) mass is 421 g/mol. The number of hydrogen-bond donors (Lipinski definition) is 3. The topological polar surface area (TPSA) is 113 Å². The van der Waals surface area contributed by atoms with Gasteiger partial charge in [0.1, 0.15) is 0 Å². The Balaban J connectivity index is 2.19. The molecule has 0 saturated carbocycles. The van der Waals surface area contributed by atoms with Crippen LogP contribution in [0.2, 0.25) is 0 Å². The standard InChI is InChI=1S/C21H27NO6S/c1-15(21(24)22-25)20(11-7-6-10-16-8-4-3-5-9-16)29(26,27)17-12-13-19(28-2)18(23)14-17/h3-5,8-9,12-15,20,23,25H,6-7,10-11H2,1-2H3,(H,22,24). The van der Waals surface area contributed by atoms with Crippen LogP contribution in [0.15, 0.2) is 53.4 Å². The Morgan fingerprint density at radius 1 is 1.14 bits per heavy atom. The molecule has 0 heterocycles. The molecule has 158 valence electrons. The number of methoxy groups -OCH3 is 1. The van der Waals surface area contributed by atoms with E-state index < -0.39 is 26.9 Å². The molecule has 0 radical (unpaired) electrons. The van der Waals surface area contributed by atoms with Gasteiger partial charge in [-0.15, -0.1) is 0 Å². The Labute approximate surface area is 171 Å². The van der Waals surface area contributed by atoms with Gasteiger partial charge in [0.25, 0.3) is 0 Å². The first kappa shape index (κ1) is 22.7. The number of benzene rings is 2. The lowest BCUT2D eigenvalue weighted by Gasteiger charge is -2.23. The van der Waals surface area contributed by atoms with Gasteiger partial charge in [0.2, 0.25) is 5.91 Å². The number of sulfone groups is 1. The van der Waals surface area contributed by atoms with E-state index >= 15 is 0 Å². The van der Waals surface area contributed by atoms with Crippen LogP contribution < -0.4 is 10.2 Å². The number of carbonyl (C=O) groups is 1. The van der Waals surface area contributed by atoms with Crippen molar-refractivity contribution in [1.82, 2.24) is 5.48 Å². The van der Waals surface area contributed by atoms with E-state index in [0.29, 0.717) is 6.42 Å². The zero-order chi connectivity index (χ0) is 21.4. The Bertz CT molecular complexity index is 914. The minimum absolute atomic E-state index is 0.0959. The van der Waals surface area contributed by atoms with Crippen molar-refractivity contribution in [3.05, 3.63) is 54.1 Å². The third-order valence-corrected chi connectivity index (χ3v) is 7.36. The van der Waals surface area contributed by atoms with E-state index in [-0.39, 0.29) is 22.8 Å². The number of ether oxygens (including phenoxy) is 1. The van der Waals surface area contributed by atoms with Crippen molar-refractivity contribution in [3.63, 3.8) is 0 Å². The predicted molar refractivity (Wildman–Crippen MR) is 109 cm³/mol. The number of aromatic hydroxyl groups is 1. The number of nitrogens with one attached hydrogen (secondary N) is 1. The fraction of sp³-hybridized carbons (Fsp3) is 0.381. The first-order chi connectivity index (χ1) is 13.8. The van der Waals surface area contributed by atoms with Crippen molar-refractivity contribution < 1.29 is 28.3 Å². The molecule has 2 rings (SSSR count). The average molecular weight is 422 g/mol. The zero-order valence-electron chi connectivity index (χ0n) is 16.5. The summed E-state index contributed by atoms with van der Waals surface area (Å²) >= 11 is 0. The number of amides is 1. The predicted octanol–water partition coefficient (Wildman–Crippen LogP) is 3.10. The van der Waals surface area contributed by atoms with Crippen LogP contribution in [0.3, 0.4) is 0 Å². The second-order valence-electron chi connectivity index (χ2n) is 6.91. The van der Waals surface area contributed by atoms with Gasteiger partial charge in [-0.1, -0.05) is 43.7 Å². The molecule has 0 aliphatic heterocycles. The maximum Gasteiger partial charge on any atom is 0.247 e. The molecule has 0 bridgehead atoms. The molecule has 0 saturated heterocycles. The average Bonchev–Trinajstić information content (AvgIpc) is 2.73. The summed E-state index contributed by atoms with van der Waals surface area (Å²) in [5, 5.41) is 17.9. The number of rotatable bonds is 10. The molecular formula is C21H27NO6S. The molecule has 2 unspecified atom stereocenters. The van der Waals surface area contributed by atoms with Crippen LogP contribution in [-0.4, -0.2) is 37.0 Å². The van der Waals surface area contributed by atoms with Crippen molar-refractivity contribution in [2.24, 2.45) is 5.92 Å². The summed E-state index contributed by atoms with van der Waals surface area (Å²) < 4.78 is 31.3. The van der Waals surface area contributed by atoms with E-state index in [4.69, 9.17) is 9.94 Å². The lowest BCUT2D eigenvalue weighted by atomic mass is 10.00. The highest BCUT2D eigenvalue weighted by Gasteiger charge is 2.36. The van der Waals surface area contributed by atoms with Gasteiger partial charge in [-0.25, -0.2) is 13.9 Å². The molecule has 8 heteroatoms. The highest BCUT2D eigenvalue weighted by molar-refractivity contribution is 7.92. The number of phenols is 1. The Hall–Kier alpha value is -2.58. The minimum Gasteiger partial charge on any atom is -0.504 e. The molecule has 29 heavy (non-hydrogen) atoms. The van der Waals surface area contributed by atoms with E-state index in [9.17, 15) is 18.3 Å². The Kier molecular flexibility index (Phi) is 8.04. The first-order valence-corrected chi connectivity index (χ1v) is 10.9. The molecule has 2 atom stereocenters. The van der Waals surface area contributed by atoms with E-state index in [1.165, 1.54) is 26.2 Å². The van der Waals surface area contributed by atoms with Gasteiger partial charge >= 0.3 is 0 Å². The molecular weight excluding hydrogens is 394 g/mol. The van der Waals surface area contributed by atoms with Crippen LogP contribution in [0.4, 0.5) is 0 Å². The number of phenolic OH excluding ortho intramolecular Hbond substituents is 1. The summed E-state index contributed by atoms with van der Waals surface area (Å²) in [6, 6.07) is 13.7. The van der Waals surface area contributed by atoms with Crippen LogP contribution in [0.25, 0.3) is 0 Å². The van der Waals surface area contributed by atoms with Gasteiger partial charge in [-0.05, 0) is 37.0 Å². The molecule has 0 aromatic heterocycles. The molecule has 7 nitrogen and oxygen atoms in total. The summed E-state index contributed by atoms with van der Waals surface area (Å²) in [5.41, 5.74) is 2.70. The van der Waals surface area contributed by atoms with Crippen LogP contribution in [0, 0.1) is 5.92 Å². The Morgan fingerprint density at radius 3 is 2.41 bits per heavy atom. The second kappa shape index (κ2) is 10.3. The van der Waals surface area contributed by atoms with E-state index in [1.807, 2.05) is 30.3 Å². The van der Waals surface area contributed by atoms with E-state index in [1.54, 1.807) is 5.48 Å². The second-order valence-corrected chi connectivity index (χ2v) is 9.08. The molecule has 0 fully saturated rings. The van der Waals surface area contributed by atoms with Gasteiger partial charge in [-0.3, -0.25) is 10.0 Å². The summed E-state index contributed by atoms with van der Waals surface area (Å²) in [7, 11) is -2.57. The fourth-order valence-corrected chi connectivity index (χ4v) is 5.31. The Morgan fingerprint density at radius 2 is 1.83 bits per heavy atom. The number of hydrogen-bond acceptors (Lipinski definition) is 6. The molecule has 0 aliphatic carbocycles. The third kappa shape index (κ3) is 5.71. The third-order valence-electron chi connectivity index (χ3n) is 5.01. The van der Waals surface area contributed by atoms with Crippen LogP contribution >= 0.6 is 0 Å². The summed E-state index contributed by atoms with van der Waals surface area (Å²) in [6.07, 6.45) is 2.40. The SMILES string of the molecule is COc1ccc(S(=O)(=O)C(CCCCc2ccccc2)C(C)C(=O)NO)cc1O. The van der Waals surface area contributed by atoms with Crippen LogP contribution in [-0.2, 0) is 21.1 Å². The van der Waals surface area contributed by atoms with Crippen molar-refractivity contribution in [2.75, 3.05) is 7.11 Å². The van der Waals surface area contributed by atoms with Crippen LogP contribution in [0.1, 0.15) is 31.7 Å². The summed E-state index contributed by atoms with van der Waals surface area (Å²) in [5.74, 6) is -1.87. The van der Waals surface area contributed by atoms with Crippen molar-refractivity contribution >= 4 is 15.7 Å². The number of unbranched alkanes of at least 4 members (excludes halogenated alkanes) is 1. The smallest absolute Gasteiger partial charge is 0.247 e. The number of hydroxylamine groups is 1. The molecule has 2 aromatic rings. The minimum atomic E-state index is -3.94. The lowest BCUT2D eigenvalue weighted by Crippen LogP contribution is -2.38. The molecule has 3 N–H and O–H groups in total. The van der Waals surface area contributed by atoms with Gasteiger partial charge < -0.3 is 9.84 Å². The van der Waals surface area contributed by atoms with E-state index in [0.717, 1.165) is 24.5 Å². The van der Waals surface area contributed by atoms with Crippen molar-refractivity contribution in [3.8, 4) is 11.5 Å². The molecule has 2 aromatic carbocycles. The summed E-state index contributed by atoms with van der Waals surface area (Å²) in [6.45, 7) is 1.47. The number of aryl methyl sites for hydroxylation is 1. The normalized spacial score (nSPS) is 13.5.